The molecule has 1 saturated carbocycles. The van der Waals surface area contributed by atoms with Crippen molar-refractivity contribution in [3.8, 4) is 0 Å². The zero-order chi connectivity index (χ0) is 23.7. The van der Waals surface area contributed by atoms with E-state index >= 15 is 0 Å². The molecule has 0 radical (unpaired) electrons. The zero-order valence-electron chi connectivity index (χ0n) is 20.0. The van der Waals surface area contributed by atoms with Crippen molar-refractivity contribution in [3.05, 3.63) is 64.7 Å². The molecule has 1 aromatic carbocycles. The van der Waals surface area contributed by atoms with Crippen molar-refractivity contribution in [2.24, 2.45) is 5.92 Å². The summed E-state index contributed by atoms with van der Waals surface area (Å²) in [6, 6.07) is 10.0. The SMILES string of the molecule is Cc1ccc(C(=O)N2CCCC3CCCCC32)c(C2CCN(C(=O)c3ccc(F)cc3)CC2)n1. The smallest absolute Gasteiger partial charge is 0.255 e. The van der Waals surface area contributed by atoms with Gasteiger partial charge in [0.25, 0.3) is 11.8 Å². The summed E-state index contributed by atoms with van der Waals surface area (Å²) in [5, 5.41) is 0. The number of benzene rings is 1. The van der Waals surface area contributed by atoms with E-state index in [9.17, 15) is 14.0 Å². The van der Waals surface area contributed by atoms with E-state index in [1.54, 1.807) is 12.1 Å². The second kappa shape index (κ2) is 9.85. The highest BCUT2D eigenvalue weighted by molar-refractivity contribution is 5.96. The Morgan fingerprint density at radius 3 is 2.32 bits per heavy atom. The summed E-state index contributed by atoms with van der Waals surface area (Å²) in [5.41, 5.74) is 3.08. The third-order valence-electron chi connectivity index (χ3n) is 8.06. The van der Waals surface area contributed by atoms with Crippen LogP contribution in [-0.4, -0.2) is 52.3 Å². The molecular weight excluding hydrogens is 429 g/mol. The second-order valence-electron chi connectivity index (χ2n) is 10.2. The number of carbonyl (C=O) groups excluding carboxylic acids is 2. The van der Waals surface area contributed by atoms with Crippen LogP contribution in [0.1, 0.15) is 89.4 Å². The lowest BCUT2D eigenvalue weighted by molar-refractivity contribution is 0.0387. The van der Waals surface area contributed by atoms with Gasteiger partial charge in [-0.25, -0.2) is 4.39 Å². The average Bonchev–Trinajstić information content (AvgIpc) is 2.88. The van der Waals surface area contributed by atoms with Crippen LogP contribution in [0.4, 0.5) is 4.39 Å². The minimum Gasteiger partial charge on any atom is -0.339 e. The van der Waals surface area contributed by atoms with E-state index in [0.717, 1.165) is 49.2 Å². The minimum atomic E-state index is -0.341. The normalized spacial score (nSPS) is 23.5. The van der Waals surface area contributed by atoms with E-state index in [4.69, 9.17) is 4.98 Å². The number of amides is 2. The Morgan fingerprint density at radius 2 is 1.56 bits per heavy atom. The predicted molar refractivity (Wildman–Crippen MR) is 129 cm³/mol. The van der Waals surface area contributed by atoms with E-state index in [0.29, 0.717) is 30.6 Å². The molecule has 3 aliphatic rings. The summed E-state index contributed by atoms with van der Waals surface area (Å²) >= 11 is 0. The van der Waals surface area contributed by atoms with E-state index in [-0.39, 0.29) is 23.5 Å². The molecule has 2 aliphatic heterocycles. The maximum Gasteiger partial charge on any atom is 0.255 e. The Kier molecular flexibility index (Phi) is 6.66. The maximum absolute atomic E-state index is 13.8. The van der Waals surface area contributed by atoms with Gasteiger partial charge < -0.3 is 9.80 Å². The Bertz CT molecular complexity index is 1040. The first-order valence-corrected chi connectivity index (χ1v) is 12.8. The van der Waals surface area contributed by atoms with Crippen LogP contribution < -0.4 is 0 Å². The number of pyridine rings is 1. The van der Waals surface area contributed by atoms with Crippen LogP contribution in [0, 0.1) is 18.7 Å². The topological polar surface area (TPSA) is 53.5 Å². The van der Waals surface area contributed by atoms with E-state index in [1.165, 1.54) is 37.8 Å². The molecule has 0 spiro atoms. The molecule has 3 fully saturated rings. The summed E-state index contributed by atoms with van der Waals surface area (Å²) < 4.78 is 13.2. The van der Waals surface area contributed by atoms with E-state index in [2.05, 4.69) is 4.90 Å². The number of hydrogen-bond acceptors (Lipinski definition) is 3. The van der Waals surface area contributed by atoms with Gasteiger partial charge in [-0.2, -0.15) is 0 Å². The van der Waals surface area contributed by atoms with Crippen LogP contribution in [0.2, 0.25) is 0 Å². The molecule has 0 bridgehead atoms. The number of rotatable bonds is 3. The number of aromatic nitrogens is 1. The summed E-state index contributed by atoms with van der Waals surface area (Å²) in [5.74, 6) is 0.538. The summed E-state index contributed by atoms with van der Waals surface area (Å²) in [7, 11) is 0. The van der Waals surface area contributed by atoms with Crippen molar-refractivity contribution in [1.82, 2.24) is 14.8 Å². The van der Waals surface area contributed by atoms with Crippen molar-refractivity contribution < 1.29 is 14.0 Å². The van der Waals surface area contributed by atoms with Crippen molar-refractivity contribution in [1.29, 1.82) is 0 Å². The summed E-state index contributed by atoms with van der Waals surface area (Å²) in [6.45, 7) is 4.04. The molecule has 2 atom stereocenters. The molecule has 34 heavy (non-hydrogen) atoms. The first-order chi connectivity index (χ1) is 16.5. The average molecular weight is 464 g/mol. The Labute approximate surface area is 201 Å². The van der Waals surface area contributed by atoms with Gasteiger partial charge in [-0.3, -0.25) is 14.6 Å². The molecular formula is C28H34FN3O2. The van der Waals surface area contributed by atoms with Crippen LogP contribution >= 0.6 is 0 Å². The number of hydrogen-bond donors (Lipinski definition) is 0. The van der Waals surface area contributed by atoms with Crippen LogP contribution in [0.25, 0.3) is 0 Å². The third-order valence-corrected chi connectivity index (χ3v) is 8.06. The van der Waals surface area contributed by atoms with Gasteiger partial charge in [0.15, 0.2) is 0 Å². The number of carbonyl (C=O) groups is 2. The van der Waals surface area contributed by atoms with Crippen LogP contribution in [0.5, 0.6) is 0 Å². The number of piperidine rings is 2. The van der Waals surface area contributed by atoms with Gasteiger partial charge in [0.05, 0.1) is 11.3 Å². The number of aryl methyl sites for hydroxylation is 1. The molecule has 0 N–H and O–H groups in total. The molecule has 2 unspecified atom stereocenters. The first-order valence-electron chi connectivity index (χ1n) is 12.8. The van der Waals surface area contributed by atoms with E-state index < -0.39 is 0 Å². The number of nitrogens with zero attached hydrogens (tertiary/aromatic N) is 3. The van der Waals surface area contributed by atoms with Gasteiger partial charge in [0.1, 0.15) is 5.82 Å². The predicted octanol–water partition coefficient (Wildman–Crippen LogP) is 5.34. The number of fused-ring (bicyclic) bond motifs is 1. The van der Waals surface area contributed by atoms with Crippen molar-refractivity contribution in [2.45, 2.75) is 70.3 Å². The molecule has 2 amide bonds. The largest absolute Gasteiger partial charge is 0.339 e. The van der Waals surface area contributed by atoms with Crippen molar-refractivity contribution >= 4 is 11.8 Å². The van der Waals surface area contributed by atoms with Gasteiger partial charge in [-0.05, 0) is 87.8 Å². The highest BCUT2D eigenvalue weighted by Gasteiger charge is 2.37. The zero-order valence-corrected chi connectivity index (χ0v) is 20.0. The molecule has 2 aromatic rings. The Hall–Kier alpha value is -2.76. The van der Waals surface area contributed by atoms with Gasteiger partial charge in [-0.1, -0.05) is 12.8 Å². The summed E-state index contributed by atoms with van der Waals surface area (Å²) in [4.78, 5) is 35.5. The standard InChI is InChI=1S/C28H34FN3O2/c1-19-8-13-24(28(34)32-16-4-6-20-5-2-3-7-25(20)32)26(30-19)21-14-17-31(18-15-21)27(33)22-9-11-23(29)12-10-22/h8-13,20-21,25H,2-7,14-18H2,1H3. The monoisotopic (exact) mass is 463 g/mol. The molecule has 5 nitrogen and oxygen atoms in total. The minimum absolute atomic E-state index is 0.0661. The fraction of sp³-hybridized carbons (Fsp3) is 0.536. The fourth-order valence-electron chi connectivity index (χ4n) is 6.23. The van der Waals surface area contributed by atoms with Gasteiger partial charge >= 0.3 is 0 Å². The molecule has 6 heteroatoms. The summed E-state index contributed by atoms with van der Waals surface area (Å²) in [6.07, 6.45) is 8.74. The van der Waals surface area contributed by atoms with Gasteiger partial charge in [0.2, 0.25) is 0 Å². The lowest BCUT2D eigenvalue weighted by Gasteiger charge is -2.44. The van der Waals surface area contributed by atoms with Crippen molar-refractivity contribution in [2.75, 3.05) is 19.6 Å². The lowest BCUT2D eigenvalue weighted by atomic mass is 9.78. The Balaban J connectivity index is 1.32. The highest BCUT2D eigenvalue weighted by atomic mass is 19.1. The van der Waals surface area contributed by atoms with Gasteiger partial charge in [0, 0.05) is 42.9 Å². The molecule has 5 rings (SSSR count). The Morgan fingerprint density at radius 1 is 0.853 bits per heavy atom. The lowest BCUT2D eigenvalue weighted by Crippen LogP contribution is -2.50. The second-order valence-corrected chi connectivity index (χ2v) is 10.2. The van der Waals surface area contributed by atoms with Crippen LogP contribution in [0.15, 0.2) is 36.4 Å². The molecule has 1 aromatic heterocycles. The quantitative estimate of drug-likeness (QED) is 0.617. The van der Waals surface area contributed by atoms with Crippen LogP contribution in [-0.2, 0) is 0 Å². The molecule has 2 saturated heterocycles. The van der Waals surface area contributed by atoms with Gasteiger partial charge in [-0.15, -0.1) is 0 Å². The first kappa shape index (κ1) is 23.0. The molecule has 3 heterocycles. The molecule has 1 aliphatic carbocycles. The highest BCUT2D eigenvalue weighted by Crippen LogP contribution is 2.37. The number of likely N-dealkylation sites (tertiary alicyclic amines) is 2. The number of halogens is 1. The van der Waals surface area contributed by atoms with Crippen molar-refractivity contribution in [3.63, 3.8) is 0 Å². The van der Waals surface area contributed by atoms with Crippen LogP contribution in [0.3, 0.4) is 0 Å². The van der Waals surface area contributed by atoms with E-state index in [1.807, 2.05) is 24.0 Å². The fourth-order valence-corrected chi connectivity index (χ4v) is 6.23. The third kappa shape index (κ3) is 4.59. The maximum atomic E-state index is 13.8. The molecule has 180 valence electrons.